The first kappa shape index (κ1) is 17.2. The molecule has 0 radical (unpaired) electrons. The van der Waals surface area contributed by atoms with Crippen LogP contribution in [-0.2, 0) is 4.79 Å². The normalized spacial score (nSPS) is 14.9. The van der Waals surface area contributed by atoms with Crippen LogP contribution in [0.4, 0.5) is 5.69 Å². The molecule has 130 valence electrons. The van der Waals surface area contributed by atoms with E-state index in [9.17, 15) is 15.0 Å². The van der Waals surface area contributed by atoms with Crippen molar-refractivity contribution >= 4 is 29.3 Å². The molecule has 0 aromatic heterocycles. The second kappa shape index (κ2) is 7.49. The topological polar surface area (TPSA) is 64.0 Å². The smallest absolute Gasteiger partial charge is 0.246 e. The first-order valence-electron chi connectivity index (χ1n) is 8.02. The van der Waals surface area contributed by atoms with Gasteiger partial charge in [0.2, 0.25) is 5.91 Å². The van der Waals surface area contributed by atoms with Crippen molar-refractivity contribution in [3.8, 4) is 11.5 Å². The molecule has 1 saturated heterocycles. The first-order valence-corrected chi connectivity index (χ1v) is 8.40. The lowest BCUT2D eigenvalue weighted by atomic mass is 10.2. The van der Waals surface area contributed by atoms with E-state index in [1.165, 1.54) is 18.2 Å². The Bertz CT molecular complexity index is 782. The predicted octanol–water partition coefficient (Wildman–Crippen LogP) is 3.11. The molecule has 0 atom stereocenters. The molecular formula is C19H19ClN2O3. The van der Waals surface area contributed by atoms with Crippen LogP contribution in [0, 0.1) is 0 Å². The molecule has 25 heavy (non-hydrogen) atoms. The highest BCUT2D eigenvalue weighted by Crippen LogP contribution is 2.25. The van der Waals surface area contributed by atoms with Crippen LogP contribution in [0.15, 0.2) is 48.5 Å². The molecule has 1 aliphatic heterocycles. The number of phenols is 2. The molecule has 3 rings (SSSR count). The van der Waals surface area contributed by atoms with E-state index in [1.54, 1.807) is 17.0 Å². The number of anilines is 1. The number of hydrogen-bond acceptors (Lipinski definition) is 4. The summed E-state index contributed by atoms with van der Waals surface area (Å²) in [6, 6.07) is 12.1. The van der Waals surface area contributed by atoms with Crippen LogP contribution in [-0.4, -0.2) is 47.2 Å². The number of phenolic OH excluding ortho intramolecular Hbond substituents is 2. The van der Waals surface area contributed by atoms with Gasteiger partial charge in [-0.1, -0.05) is 17.7 Å². The van der Waals surface area contributed by atoms with Crippen molar-refractivity contribution in [1.82, 2.24) is 4.90 Å². The third-order valence-corrected chi connectivity index (χ3v) is 4.45. The molecule has 0 aliphatic carbocycles. The van der Waals surface area contributed by atoms with Gasteiger partial charge < -0.3 is 20.0 Å². The summed E-state index contributed by atoms with van der Waals surface area (Å²) in [6.07, 6.45) is 3.12. The molecule has 0 bridgehead atoms. The van der Waals surface area contributed by atoms with Crippen LogP contribution in [0.1, 0.15) is 5.56 Å². The Balaban J connectivity index is 1.56. The maximum absolute atomic E-state index is 12.3. The summed E-state index contributed by atoms with van der Waals surface area (Å²) in [5.74, 6) is -0.448. The predicted molar refractivity (Wildman–Crippen MR) is 99.1 cm³/mol. The van der Waals surface area contributed by atoms with E-state index in [0.29, 0.717) is 23.7 Å². The summed E-state index contributed by atoms with van der Waals surface area (Å²) >= 11 is 5.91. The van der Waals surface area contributed by atoms with Gasteiger partial charge in [0.25, 0.3) is 0 Å². The summed E-state index contributed by atoms with van der Waals surface area (Å²) in [4.78, 5) is 16.3. The molecule has 6 heteroatoms. The van der Waals surface area contributed by atoms with E-state index >= 15 is 0 Å². The van der Waals surface area contributed by atoms with Crippen molar-refractivity contribution in [2.24, 2.45) is 0 Å². The number of rotatable bonds is 3. The highest BCUT2D eigenvalue weighted by atomic mass is 35.5. The minimum absolute atomic E-state index is 0.0664. The highest BCUT2D eigenvalue weighted by Gasteiger charge is 2.19. The van der Waals surface area contributed by atoms with Gasteiger partial charge in [0, 0.05) is 43.0 Å². The molecular weight excluding hydrogens is 340 g/mol. The quantitative estimate of drug-likeness (QED) is 0.653. The molecule has 0 saturated carbocycles. The molecule has 2 N–H and O–H groups in total. The minimum atomic E-state index is -0.203. The number of carbonyl (C=O) groups is 1. The Hall–Kier alpha value is -2.66. The van der Waals surface area contributed by atoms with E-state index in [2.05, 4.69) is 4.90 Å². The maximum atomic E-state index is 12.3. The van der Waals surface area contributed by atoms with E-state index in [-0.39, 0.29) is 17.4 Å². The fraction of sp³-hybridized carbons (Fsp3) is 0.211. The summed E-state index contributed by atoms with van der Waals surface area (Å²) < 4.78 is 0. The van der Waals surface area contributed by atoms with E-state index in [4.69, 9.17) is 11.6 Å². The lowest BCUT2D eigenvalue weighted by Gasteiger charge is -2.35. The van der Waals surface area contributed by atoms with Crippen molar-refractivity contribution in [1.29, 1.82) is 0 Å². The largest absolute Gasteiger partial charge is 0.504 e. The van der Waals surface area contributed by atoms with Crippen molar-refractivity contribution in [2.45, 2.75) is 0 Å². The summed E-state index contributed by atoms with van der Waals surface area (Å²) in [5, 5.41) is 19.5. The first-order chi connectivity index (χ1) is 12.0. The Labute approximate surface area is 151 Å². The number of halogens is 1. The Morgan fingerprint density at radius 1 is 0.960 bits per heavy atom. The number of carbonyl (C=O) groups excluding carboxylic acids is 1. The van der Waals surface area contributed by atoms with Crippen molar-refractivity contribution in [3.05, 3.63) is 59.1 Å². The van der Waals surface area contributed by atoms with Crippen LogP contribution in [0.2, 0.25) is 5.02 Å². The molecule has 1 aliphatic rings. The molecule has 0 unspecified atom stereocenters. The van der Waals surface area contributed by atoms with E-state index in [0.717, 1.165) is 18.8 Å². The molecule has 1 fully saturated rings. The van der Waals surface area contributed by atoms with Gasteiger partial charge in [-0.05, 0) is 48.0 Å². The fourth-order valence-corrected chi connectivity index (χ4v) is 2.88. The minimum Gasteiger partial charge on any atom is -0.504 e. The van der Waals surface area contributed by atoms with Crippen LogP contribution in [0.3, 0.4) is 0 Å². The van der Waals surface area contributed by atoms with Gasteiger partial charge >= 0.3 is 0 Å². The van der Waals surface area contributed by atoms with Gasteiger partial charge in [-0.3, -0.25) is 4.79 Å². The summed E-state index contributed by atoms with van der Waals surface area (Å²) in [6.45, 7) is 2.82. The zero-order valence-electron chi connectivity index (χ0n) is 13.6. The van der Waals surface area contributed by atoms with Gasteiger partial charge in [-0.15, -0.1) is 0 Å². The number of aromatic hydroxyl groups is 2. The van der Waals surface area contributed by atoms with E-state index < -0.39 is 0 Å². The molecule has 2 aromatic carbocycles. The Morgan fingerprint density at radius 2 is 1.64 bits per heavy atom. The van der Waals surface area contributed by atoms with Gasteiger partial charge in [0.15, 0.2) is 11.5 Å². The molecule has 5 nitrogen and oxygen atoms in total. The average Bonchev–Trinajstić information content (AvgIpc) is 2.63. The highest BCUT2D eigenvalue weighted by molar-refractivity contribution is 6.30. The standard InChI is InChI=1S/C19H19ClN2O3/c20-15-3-5-16(6-4-15)21-9-11-22(12-10-21)19(25)8-2-14-1-7-17(23)18(24)13-14/h1-8,13,23-24H,9-12H2/b8-2+. The Kier molecular flexibility index (Phi) is 5.14. The second-order valence-corrected chi connectivity index (χ2v) is 6.31. The molecule has 1 amide bonds. The lowest BCUT2D eigenvalue weighted by Crippen LogP contribution is -2.48. The SMILES string of the molecule is O=C(/C=C/c1ccc(O)c(O)c1)N1CCN(c2ccc(Cl)cc2)CC1. The number of piperazine rings is 1. The number of benzene rings is 2. The third-order valence-electron chi connectivity index (χ3n) is 4.20. The average molecular weight is 359 g/mol. The van der Waals surface area contributed by atoms with E-state index in [1.807, 2.05) is 24.3 Å². The van der Waals surface area contributed by atoms with Crippen LogP contribution in [0.5, 0.6) is 11.5 Å². The van der Waals surface area contributed by atoms with Gasteiger partial charge in [-0.2, -0.15) is 0 Å². The monoisotopic (exact) mass is 358 g/mol. The summed E-state index contributed by atoms with van der Waals surface area (Å²) in [7, 11) is 0. The summed E-state index contributed by atoms with van der Waals surface area (Å²) in [5.41, 5.74) is 1.76. The number of nitrogens with zero attached hydrogens (tertiary/aromatic N) is 2. The second-order valence-electron chi connectivity index (χ2n) is 5.87. The van der Waals surface area contributed by atoms with Gasteiger partial charge in [0.05, 0.1) is 0 Å². The molecule has 1 heterocycles. The van der Waals surface area contributed by atoms with Crippen molar-refractivity contribution in [3.63, 3.8) is 0 Å². The lowest BCUT2D eigenvalue weighted by molar-refractivity contribution is -0.126. The zero-order chi connectivity index (χ0) is 17.8. The number of hydrogen-bond donors (Lipinski definition) is 2. The Morgan fingerprint density at radius 3 is 2.28 bits per heavy atom. The fourth-order valence-electron chi connectivity index (χ4n) is 2.75. The zero-order valence-corrected chi connectivity index (χ0v) is 14.4. The third kappa shape index (κ3) is 4.25. The van der Waals surface area contributed by atoms with Crippen LogP contribution >= 0.6 is 11.6 Å². The van der Waals surface area contributed by atoms with Gasteiger partial charge in [-0.25, -0.2) is 0 Å². The maximum Gasteiger partial charge on any atom is 0.246 e. The molecule has 0 spiro atoms. The number of amides is 1. The van der Waals surface area contributed by atoms with Crippen LogP contribution < -0.4 is 4.90 Å². The molecule has 2 aromatic rings. The van der Waals surface area contributed by atoms with Crippen molar-refractivity contribution in [2.75, 3.05) is 31.1 Å². The van der Waals surface area contributed by atoms with Crippen molar-refractivity contribution < 1.29 is 15.0 Å². The van der Waals surface area contributed by atoms with Crippen LogP contribution in [0.25, 0.3) is 6.08 Å². The van der Waals surface area contributed by atoms with Gasteiger partial charge in [0.1, 0.15) is 0 Å².